The van der Waals surface area contributed by atoms with Crippen molar-refractivity contribution in [3.63, 3.8) is 0 Å². The zero-order chi connectivity index (χ0) is 18.4. The molecule has 1 aromatic carbocycles. The molecule has 2 heterocycles. The van der Waals surface area contributed by atoms with Crippen LogP contribution in [-0.4, -0.2) is 19.7 Å². The van der Waals surface area contributed by atoms with Gasteiger partial charge in [0.25, 0.3) is 5.56 Å². The summed E-state index contributed by atoms with van der Waals surface area (Å²) in [6.45, 7) is 5.33. The molecule has 0 saturated carbocycles. The normalized spacial score (nSPS) is 10.7. The van der Waals surface area contributed by atoms with Crippen LogP contribution in [0.4, 0.5) is 5.95 Å². The maximum atomic E-state index is 11.8. The second kappa shape index (κ2) is 8.38. The van der Waals surface area contributed by atoms with Gasteiger partial charge in [0.2, 0.25) is 5.95 Å². The van der Waals surface area contributed by atoms with Crippen molar-refractivity contribution in [1.82, 2.24) is 19.7 Å². The number of benzene rings is 1. The zero-order valence-electron chi connectivity index (χ0n) is 15.1. The van der Waals surface area contributed by atoms with Crippen LogP contribution in [0.15, 0.2) is 53.5 Å². The van der Waals surface area contributed by atoms with E-state index in [9.17, 15) is 4.79 Å². The Balaban J connectivity index is 1.63. The Labute approximate surface area is 153 Å². The molecule has 6 heteroatoms. The number of nitrogens with one attached hydrogen (secondary N) is 1. The first-order chi connectivity index (χ1) is 12.7. The minimum absolute atomic E-state index is 0.00477. The van der Waals surface area contributed by atoms with Gasteiger partial charge in [-0.1, -0.05) is 44.2 Å². The minimum atomic E-state index is 0.00477. The molecule has 0 saturated heterocycles. The van der Waals surface area contributed by atoms with E-state index >= 15 is 0 Å². The van der Waals surface area contributed by atoms with E-state index in [2.05, 4.69) is 34.3 Å². The van der Waals surface area contributed by atoms with Crippen molar-refractivity contribution >= 4 is 5.95 Å². The quantitative estimate of drug-likeness (QED) is 0.710. The Hall–Kier alpha value is -3.02. The molecule has 3 rings (SSSR count). The van der Waals surface area contributed by atoms with Crippen molar-refractivity contribution in [1.29, 1.82) is 0 Å². The summed E-state index contributed by atoms with van der Waals surface area (Å²) in [4.78, 5) is 16.3. The van der Waals surface area contributed by atoms with Crippen molar-refractivity contribution < 1.29 is 0 Å². The summed E-state index contributed by atoms with van der Waals surface area (Å²) in [5, 5.41) is 11.6. The Morgan fingerprint density at radius 2 is 1.65 bits per heavy atom. The lowest BCUT2D eigenvalue weighted by atomic mass is 10.1. The highest BCUT2D eigenvalue weighted by atomic mass is 16.1. The van der Waals surface area contributed by atoms with Crippen molar-refractivity contribution in [3.8, 4) is 0 Å². The summed E-state index contributed by atoms with van der Waals surface area (Å²) < 4.78 is 1.69. The Morgan fingerprint density at radius 3 is 2.35 bits per heavy atom. The van der Waals surface area contributed by atoms with E-state index in [-0.39, 0.29) is 5.56 Å². The van der Waals surface area contributed by atoms with Gasteiger partial charge in [0, 0.05) is 18.8 Å². The van der Waals surface area contributed by atoms with Crippen LogP contribution in [0.2, 0.25) is 0 Å². The molecule has 0 bridgehead atoms. The number of rotatable bonds is 7. The lowest BCUT2D eigenvalue weighted by Crippen LogP contribution is -2.18. The summed E-state index contributed by atoms with van der Waals surface area (Å²) in [6, 6.07) is 13.3. The fourth-order valence-corrected chi connectivity index (χ4v) is 2.74. The highest BCUT2D eigenvalue weighted by Gasteiger charge is 2.06. The third kappa shape index (κ3) is 4.33. The lowest BCUT2D eigenvalue weighted by Gasteiger charge is -2.09. The average Bonchev–Trinajstić information content (AvgIpc) is 2.69. The molecule has 0 amide bonds. The molecule has 0 fully saturated rings. The summed E-state index contributed by atoms with van der Waals surface area (Å²) in [5.74, 6) is 0.555. The smallest absolute Gasteiger partial charge is 0.250 e. The molecule has 0 radical (unpaired) electrons. The van der Waals surface area contributed by atoms with Crippen LogP contribution >= 0.6 is 0 Å². The van der Waals surface area contributed by atoms with E-state index < -0.39 is 0 Å². The molecular formula is C20H23N5O. The topological polar surface area (TPSA) is 72.7 Å². The SMILES string of the molecule is CCc1nnc(NCc2ccc(Cn3ccccc3=O)cc2)nc1CC. The van der Waals surface area contributed by atoms with Gasteiger partial charge in [0.15, 0.2) is 0 Å². The van der Waals surface area contributed by atoms with Gasteiger partial charge in [-0.3, -0.25) is 4.79 Å². The number of anilines is 1. The molecule has 6 nitrogen and oxygen atoms in total. The van der Waals surface area contributed by atoms with Gasteiger partial charge in [-0.05, 0) is 30.0 Å². The highest BCUT2D eigenvalue weighted by molar-refractivity contribution is 5.30. The van der Waals surface area contributed by atoms with Gasteiger partial charge in [-0.2, -0.15) is 5.10 Å². The third-order valence-electron chi connectivity index (χ3n) is 4.23. The van der Waals surface area contributed by atoms with Crippen LogP contribution in [0.1, 0.15) is 36.4 Å². The molecule has 1 N–H and O–H groups in total. The van der Waals surface area contributed by atoms with E-state index in [1.54, 1.807) is 22.9 Å². The van der Waals surface area contributed by atoms with Crippen LogP contribution < -0.4 is 10.9 Å². The van der Waals surface area contributed by atoms with Gasteiger partial charge >= 0.3 is 0 Å². The molecule has 0 aliphatic rings. The molecule has 0 atom stereocenters. The third-order valence-corrected chi connectivity index (χ3v) is 4.23. The molecule has 0 unspecified atom stereocenters. The van der Waals surface area contributed by atoms with E-state index in [1.165, 1.54) is 0 Å². The summed E-state index contributed by atoms with van der Waals surface area (Å²) in [6.07, 6.45) is 3.49. The van der Waals surface area contributed by atoms with Crippen LogP contribution in [0.5, 0.6) is 0 Å². The molecular weight excluding hydrogens is 326 g/mol. The first-order valence-corrected chi connectivity index (χ1v) is 8.89. The fourth-order valence-electron chi connectivity index (χ4n) is 2.74. The second-order valence-corrected chi connectivity index (χ2v) is 6.07. The van der Waals surface area contributed by atoms with Crippen LogP contribution in [0.3, 0.4) is 0 Å². The highest BCUT2D eigenvalue weighted by Crippen LogP contribution is 2.10. The molecule has 2 aromatic heterocycles. The number of pyridine rings is 1. The van der Waals surface area contributed by atoms with Gasteiger partial charge in [-0.15, -0.1) is 5.10 Å². The number of aryl methyl sites for hydroxylation is 2. The van der Waals surface area contributed by atoms with Gasteiger partial charge in [-0.25, -0.2) is 4.98 Å². The molecule has 26 heavy (non-hydrogen) atoms. The minimum Gasteiger partial charge on any atom is -0.349 e. The maximum absolute atomic E-state index is 11.8. The van der Waals surface area contributed by atoms with Crippen LogP contribution in [-0.2, 0) is 25.9 Å². The van der Waals surface area contributed by atoms with Gasteiger partial charge < -0.3 is 9.88 Å². The fraction of sp³-hybridized carbons (Fsp3) is 0.300. The molecule has 134 valence electrons. The zero-order valence-corrected chi connectivity index (χ0v) is 15.1. The largest absolute Gasteiger partial charge is 0.349 e. The maximum Gasteiger partial charge on any atom is 0.250 e. The van der Waals surface area contributed by atoms with Crippen LogP contribution in [0.25, 0.3) is 0 Å². The van der Waals surface area contributed by atoms with E-state index in [4.69, 9.17) is 0 Å². The van der Waals surface area contributed by atoms with Crippen molar-refractivity contribution in [3.05, 3.63) is 81.5 Å². The first kappa shape index (κ1) is 17.8. The van der Waals surface area contributed by atoms with E-state index in [0.29, 0.717) is 19.0 Å². The molecule has 3 aromatic rings. The Morgan fingerprint density at radius 1 is 0.923 bits per heavy atom. The molecule has 0 aliphatic heterocycles. The summed E-state index contributed by atoms with van der Waals surface area (Å²) in [7, 11) is 0. The molecule has 0 aliphatic carbocycles. The van der Waals surface area contributed by atoms with Gasteiger partial charge in [0.1, 0.15) is 0 Å². The standard InChI is InChI=1S/C20H23N5O/c1-3-17-18(4-2)23-24-20(22-17)21-13-15-8-10-16(11-9-15)14-25-12-6-5-7-19(25)26/h5-12H,3-4,13-14H2,1-2H3,(H,21,22,24). The summed E-state index contributed by atoms with van der Waals surface area (Å²) in [5.41, 5.74) is 4.16. The van der Waals surface area contributed by atoms with Crippen molar-refractivity contribution in [2.24, 2.45) is 0 Å². The number of hydrogen-bond acceptors (Lipinski definition) is 5. The molecule has 0 spiro atoms. The predicted molar refractivity (Wildman–Crippen MR) is 102 cm³/mol. The average molecular weight is 349 g/mol. The van der Waals surface area contributed by atoms with Crippen molar-refractivity contribution in [2.75, 3.05) is 5.32 Å². The number of hydrogen-bond donors (Lipinski definition) is 1. The second-order valence-electron chi connectivity index (χ2n) is 6.07. The Kier molecular flexibility index (Phi) is 5.73. The van der Waals surface area contributed by atoms with Crippen LogP contribution in [0, 0.1) is 0 Å². The first-order valence-electron chi connectivity index (χ1n) is 8.89. The van der Waals surface area contributed by atoms with Crippen molar-refractivity contribution in [2.45, 2.75) is 39.8 Å². The van der Waals surface area contributed by atoms with Gasteiger partial charge in [0.05, 0.1) is 17.9 Å². The predicted octanol–water partition coefficient (Wildman–Crippen LogP) is 2.82. The number of nitrogens with zero attached hydrogens (tertiary/aromatic N) is 4. The lowest BCUT2D eigenvalue weighted by molar-refractivity contribution is 0.759. The summed E-state index contributed by atoms with van der Waals surface area (Å²) >= 11 is 0. The van der Waals surface area contributed by atoms with E-state index in [1.807, 2.05) is 30.3 Å². The Bertz CT molecular complexity index is 918. The van der Waals surface area contributed by atoms with E-state index in [0.717, 1.165) is 35.4 Å². The monoisotopic (exact) mass is 349 g/mol. The number of aromatic nitrogens is 4.